The molecule has 0 aliphatic heterocycles. The standard InChI is InChI=1S/C25H17N3/c1-2-8-18(9-3-1)28-23-12-6-4-10-20(23)21-16-19(14-15-24(21)28)27-17-26-22-11-5-7-13-25(22)27/h1-17H. The number of aromatic nitrogens is 3. The fourth-order valence-corrected chi connectivity index (χ4v) is 4.13. The monoisotopic (exact) mass is 359 g/mol. The fraction of sp³-hybridized carbons (Fsp3) is 0. The highest BCUT2D eigenvalue weighted by Gasteiger charge is 2.13. The summed E-state index contributed by atoms with van der Waals surface area (Å²) in [4.78, 5) is 4.55. The number of nitrogens with zero attached hydrogens (tertiary/aromatic N) is 3. The zero-order valence-corrected chi connectivity index (χ0v) is 15.2. The molecule has 6 aromatic rings. The van der Waals surface area contributed by atoms with Gasteiger partial charge >= 0.3 is 0 Å². The molecular weight excluding hydrogens is 342 g/mol. The van der Waals surface area contributed by atoms with Crippen molar-refractivity contribution in [1.29, 1.82) is 0 Å². The molecule has 2 aromatic heterocycles. The first-order chi connectivity index (χ1) is 13.9. The lowest BCUT2D eigenvalue weighted by Crippen LogP contribution is -1.94. The quantitative estimate of drug-likeness (QED) is 0.365. The molecule has 0 radical (unpaired) electrons. The van der Waals surface area contributed by atoms with E-state index in [1.807, 2.05) is 18.5 Å². The van der Waals surface area contributed by atoms with Gasteiger partial charge in [0, 0.05) is 22.1 Å². The first kappa shape index (κ1) is 15.2. The van der Waals surface area contributed by atoms with Gasteiger partial charge in [-0.1, -0.05) is 48.5 Å². The van der Waals surface area contributed by atoms with E-state index in [1.165, 1.54) is 27.5 Å². The van der Waals surface area contributed by atoms with Crippen molar-refractivity contribution in [2.45, 2.75) is 0 Å². The van der Waals surface area contributed by atoms with Crippen molar-refractivity contribution in [2.24, 2.45) is 0 Å². The van der Waals surface area contributed by atoms with Crippen LogP contribution in [-0.2, 0) is 0 Å². The Bertz CT molecular complexity index is 1460. The van der Waals surface area contributed by atoms with Crippen molar-refractivity contribution in [1.82, 2.24) is 14.1 Å². The lowest BCUT2D eigenvalue weighted by molar-refractivity contribution is 1.09. The average Bonchev–Trinajstić information content (AvgIpc) is 3.33. The third-order valence-corrected chi connectivity index (χ3v) is 5.40. The van der Waals surface area contributed by atoms with E-state index in [0.717, 1.165) is 16.7 Å². The van der Waals surface area contributed by atoms with Crippen LogP contribution in [0.3, 0.4) is 0 Å². The highest BCUT2D eigenvalue weighted by molar-refractivity contribution is 6.10. The molecule has 0 unspecified atom stereocenters. The van der Waals surface area contributed by atoms with Crippen LogP contribution < -0.4 is 0 Å². The Morgan fingerprint density at radius 3 is 2.14 bits per heavy atom. The highest BCUT2D eigenvalue weighted by atomic mass is 15.0. The van der Waals surface area contributed by atoms with Gasteiger partial charge in [-0.05, 0) is 48.5 Å². The third kappa shape index (κ3) is 2.13. The van der Waals surface area contributed by atoms with Crippen LogP contribution in [0.15, 0.2) is 103 Å². The van der Waals surface area contributed by atoms with Gasteiger partial charge in [-0.3, -0.25) is 4.57 Å². The van der Waals surface area contributed by atoms with Crippen molar-refractivity contribution in [2.75, 3.05) is 0 Å². The van der Waals surface area contributed by atoms with E-state index in [2.05, 4.69) is 99.0 Å². The van der Waals surface area contributed by atoms with Crippen LogP contribution >= 0.6 is 0 Å². The molecule has 0 saturated carbocycles. The Kier molecular flexibility index (Phi) is 3.17. The van der Waals surface area contributed by atoms with Crippen molar-refractivity contribution in [3.8, 4) is 11.4 Å². The van der Waals surface area contributed by atoms with E-state index >= 15 is 0 Å². The second kappa shape index (κ2) is 5.83. The number of imidazole rings is 1. The number of para-hydroxylation sites is 4. The Hall–Kier alpha value is -3.85. The molecule has 2 heterocycles. The smallest absolute Gasteiger partial charge is 0.100 e. The van der Waals surface area contributed by atoms with Crippen LogP contribution in [0, 0.1) is 0 Å². The topological polar surface area (TPSA) is 22.8 Å². The summed E-state index contributed by atoms with van der Waals surface area (Å²) in [5, 5.41) is 2.50. The maximum absolute atomic E-state index is 4.55. The van der Waals surface area contributed by atoms with Crippen LogP contribution in [0.25, 0.3) is 44.2 Å². The second-order valence-corrected chi connectivity index (χ2v) is 6.99. The number of hydrogen-bond acceptors (Lipinski definition) is 1. The molecular formula is C25H17N3. The average molecular weight is 359 g/mol. The lowest BCUT2D eigenvalue weighted by Gasteiger charge is -2.08. The zero-order valence-electron chi connectivity index (χ0n) is 15.2. The molecule has 0 bridgehead atoms. The summed E-state index contributed by atoms with van der Waals surface area (Å²) < 4.78 is 4.49. The van der Waals surface area contributed by atoms with E-state index in [1.54, 1.807) is 0 Å². The van der Waals surface area contributed by atoms with Gasteiger partial charge in [-0.25, -0.2) is 4.98 Å². The fourth-order valence-electron chi connectivity index (χ4n) is 4.13. The molecule has 0 aliphatic rings. The summed E-state index contributed by atoms with van der Waals surface area (Å²) in [6.45, 7) is 0. The number of rotatable bonds is 2. The number of hydrogen-bond donors (Lipinski definition) is 0. The molecule has 0 saturated heterocycles. The van der Waals surface area contributed by atoms with E-state index in [0.29, 0.717) is 0 Å². The molecule has 3 nitrogen and oxygen atoms in total. The minimum atomic E-state index is 1.01. The molecule has 4 aromatic carbocycles. The molecule has 0 aliphatic carbocycles. The van der Waals surface area contributed by atoms with Crippen LogP contribution in [0.4, 0.5) is 0 Å². The number of benzene rings is 4. The predicted molar refractivity (Wildman–Crippen MR) is 115 cm³/mol. The van der Waals surface area contributed by atoms with Gasteiger partial charge in [0.05, 0.1) is 22.1 Å². The van der Waals surface area contributed by atoms with Crippen LogP contribution in [-0.4, -0.2) is 14.1 Å². The SMILES string of the molecule is c1ccc(-n2c3ccccc3c3cc(-n4cnc5ccccc54)ccc32)cc1. The Morgan fingerprint density at radius 1 is 0.536 bits per heavy atom. The Labute approximate surface area is 162 Å². The maximum Gasteiger partial charge on any atom is 0.100 e. The number of fused-ring (bicyclic) bond motifs is 4. The molecule has 0 N–H and O–H groups in total. The second-order valence-electron chi connectivity index (χ2n) is 6.99. The van der Waals surface area contributed by atoms with Crippen molar-refractivity contribution < 1.29 is 0 Å². The first-order valence-electron chi connectivity index (χ1n) is 9.41. The summed E-state index contributed by atoms with van der Waals surface area (Å²) in [6.07, 6.45) is 1.90. The highest BCUT2D eigenvalue weighted by Crippen LogP contribution is 2.33. The van der Waals surface area contributed by atoms with Gasteiger partial charge in [-0.15, -0.1) is 0 Å². The van der Waals surface area contributed by atoms with Gasteiger partial charge in [0.25, 0.3) is 0 Å². The summed E-state index contributed by atoms with van der Waals surface area (Å²) in [5.74, 6) is 0. The first-order valence-corrected chi connectivity index (χ1v) is 9.41. The van der Waals surface area contributed by atoms with Gasteiger partial charge < -0.3 is 4.57 Å². The van der Waals surface area contributed by atoms with Gasteiger partial charge in [0.15, 0.2) is 0 Å². The molecule has 28 heavy (non-hydrogen) atoms. The van der Waals surface area contributed by atoms with Crippen molar-refractivity contribution in [3.05, 3.63) is 103 Å². The van der Waals surface area contributed by atoms with Gasteiger partial charge in [-0.2, -0.15) is 0 Å². The van der Waals surface area contributed by atoms with Crippen molar-refractivity contribution in [3.63, 3.8) is 0 Å². The molecule has 0 amide bonds. The third-order valence-electron chi connectivity index (χ3n) is 5.40. The Morgan fingerprint density at radius 2 is 1.25 bits per heavy atom. The lowest BCUT2D eigenvalue weighted by atomic mass is 10.1. The van der Waals surface area contributed by atoms with Gasteiger partial charge in [0.1, 0.15) is 6.33 Å². The minimum absolute atomic E-state index is 1.01. The van der Waals surface area contributed by atoms with E-state index < -0.39 is 0 Å². The molecule has 0 atom stereocenters. The Balaban J connectivity index is 1.68. The summed E-state index contributed by atoms with van der Waals surface area (Å²) >= 11 is 0. The molecule has 132 valence electrons. The van der Waals surface area contributed by atoms with E-state index in [9.17, 15) is 0 Å². The molecule has 6 rings (SSSR count). The van der Waals surface area contributed by atoms with E-state index in [-0.39, 0.29) is 0 Å². The molecule has 3 heteroatoms. The summed E-state index contributed by atoms with van der Waals surface area (Å²) in [6, 6.07) is 34.0. The summed E-state index contributed by atoms with van der Waals surface area (Å²) in [7, 11) is 0. The van der Waals surface area contributed by atoms with Crippen molar-refractivity contribution >= 4 is 32.8 Å². The minimum Gasteiger partial charge on any atom is -0.309 e. The van der Waals surface area contributed by atoms with Crippen LogP contribution in [0.1, 0.15) is 0 Å². The van der Waals surface area contributed by atoms with Crippen LogP contribution in [0.5, 0.6) is 0 Å². The maximum atomic E-state index is 4.55. The van der Waals surface area contributed by atoms with Crippen LogP contribution in [0.2, 0.25) is 0 Å². The normalized spacial score (nSPS) is 11.6. The largest absolute Gasteiger partial charge is 0.309 e. The summed E-state index contributed by atoms with van der Waals surface area (Å²) in [5.41, 5.74) is 6.85. The zero-order chi connectivity index (χ0) is 18.5. The predicted octanol–water partition coefficient (Wildman–Crippen LogP) is 6.12. The molecule has 0 fully saturated rings. The van der Waals surface area contributed by atoms with Gasteiger partial charge in [0.2, 0.25) is 0 Å². The van der Waals surface area contributed by atoms with E-state index in [4.69, 9.17) is 0 Å². The molecule has 0 spiro atoms.